The van der Waals surface area contributed by atoms with Crippen LogP contribution in [0.5, 0.6) is 0 Å². The Morgan fingerprint density at radius 1 is 1.64 bits per heavy atom. The summed E-state index contributed by atoms with van der Waals surface area (Å²) in [7, 11) is 0. The minimum atomic E-state index is -1.12. The van der Waals surface area contributed by atoms with Crippen LogP contribution in [0, 0.1) is 0 Å². The van der Waals surface area contributed by atoms with Gasteiger partial charge in [0.1, 0.15) is 5.54 Å². The van der Waals surface area contributed by atoms with E-state index in [1.54, 1.807) is 0 Å². The van der Waals surface area contributed by atoms with Crippen molar-refractivity contribution in [1.29, 1.82) is 0 Å². The molecular weight excluding hydrogens is 142 g/mol. The van der Waals surface area contributed by atoms with Crippen LogP contribution in [0.25, 0.3) is 0 Å². The molecule has 1 radical (unpaired) electrons. The predicted molar refractivity (Wildman–Crippen MR) is 43.0 cm³/mol. The monoisotopic (exact) mass is 158 g/mol. The van der Waals surface area contributed by atoms with Gasteiger partial charge >= 0.3 is 5.97 Å². The molecule has 0 aliphatic heterocycles. The van der Waals surface area contributed by atoms with E-state index in [4.69, 9.17) is 10.5 Å². The second-order valence-electron chi connectivity index (χ2n) is 3.25. The van der Waals surface area contributed by atoms with Gasteiger partial charge in [0.2, 0.25) is 0 Å². The Hall–Kier alpha value is -0.570. The number of rotatable bonds is 3. The lowest BCUT2D eigenvalue weighted by Gasteiger charge is -2.18. The van der Waals surface area contributed by atoms with Gasteiger partial charge in [-0.25, -0.2) is 5.73 Å². The molecule has 65 valence electrons. The normalized spacial score (nSPS) is 14.3. The Kier molecular flexibility index (Phi) is 3.52. The summed E-state index contributed by atoms with van der Waals surface area (Å²) in [5.74, 6) is -0.452. The molecule has 0 rings (SSSR count). The van der Waals surface area contributed by atoms with E-state index in [0.29, 0.717) is 0 Å². The van der Waals surface area contributed by atoms with Gasteiger partial charge in [-0.05, 0) is 27.2 Å². The molecule has 0 fully saturated rings. The summed E-state index contributed by atoms with van der Waals surface area (Å²) in [6.45, 7) is 6.81. The van der Waals surface area contributed by atoms with Crippen molar-refractivity contribution in [3.8, 4) is 0 Å². The number of carbonyl (C=O) groups is 1. The number of nitrogens with one attached hydrogen (secondary N) is 1. The van der Waals surface area contributed by atoms with Crippen molar-refractivity contribution in [2.45, 2.75) is 45.8 Å². The van der Waals surface area contributed by atoms with Crippen molar-refractivity contribution in [2.75, 3.05) is 0 Å². The first kappa shape index (κ1) is 10.4. The van der Waals surface area contributed by atoms with Crippen molar-refractivity contribution < 1.29 is 9.53 Å². The third kappa shape index (κ3) is 3.98. The maximum absolute atomic E-state index is 11.0. The summed E-state index contributed by atoms with van der Waals surface area (Å²) in [6.07, 6.45) is 0.717. The lowest BCUT2D eigenvalue weighted by Crippen LogP contribution is -2.36. The number of hydrogen-bond donors (Lipinski definition) is 0. The van der Waals surface area contributed by atoms with Crippen molar-refractivity contribution in [1.82, 2.24) is 5.73 Å². The van der Waals surface area contributed by atoms with Crippen LogP contribution in [0.15, 0.2) is 0 Å². The summed E-state index contributed by atoms with van der Waals surface area (Å²) in [6, 6.07) is 0. The van der Waals surface area contributed by atoms with E-state index in [1.807, 2.05) is 13.8 Å². The van der Waals surface area contributed by atoms with Crippen LogP contribution in [0.3, 0.4) is 0 Å². The van der Waals surface area contributed by atoms with Crippen LogP contribution in [-0.2, 0) is 9.53 Å². The Labute approximate surface area is 67.9 Å². The molecule has 0 aromatic heterocycles. The van der Waals surface area contributed by atoms with Gasteiger partial charge in [0.15, 0.2) is 0 Å². The van der Waals surface area contributed by atoms with Gasteiger partial charge in [0, 0.05) is 0 Å². The van der Waals surface area contributed by atoms with Crippen molar-refractivity contribution in [3.05, 3.63) is 0 Å². The second kappa shape index (κ2) is 3.72. The van der Waals surface area contributed by atoms with Gasteiger partial charge in [0.05, 0.1) is 6.10 Å². The zero-order valence-corrected chi connectivity index (χ0v) is 7.60. The lowest BCUT2D eigenvalue weighted by atomic mass is 10.1. The molecule has 0 heterocycles. The summed E-state index contributed by atoms with van der Waals surface area (Å²) >= 11 is 0. The first-order valence-electron chi connectivity index (χ1n) is 3.84. The van der Waals surface area contributed by atoms with Crippen LogP contribution < -0.4 is 5.73 Å². The number of carbonyl (C=O) groups excluding carboxylic acids is 1. The molecule has 0 aromatic carbocycles. The molecular formula is C8H16NO2. The minimum absolute atomic E-state index is 0.0767. The fourth-order valence-corrected chi connectivity index (χ4v) is 0.413. The maximum Gasteiger partial charge on any atom is 0.327 e. The molecule has 0 saturated heterocycles. The predicted octanol–water partition coefficient (Wildman–Crippen LogP) is 1.39. The van der Waals surface area contributed by atoms with Gasteiger partial charge in [-0.1, -0.05) is 6.92 Å². The third-order valence-electron chi connectivity index (χ3n) is 1.39. The molecule has 0 bridgehead atoms. The van der Waals surface area contributed by atoms with Crippen LogP contribution in [0.1, 0.15) is 34.1 Å². The average molecular weight is 158 g/mol. The molecule has 0 amide bonds. The van der Waals surface area contributed by atoms with E-state index >= 15 is 0 Å². The molecule has 1 unspecified atom stereocenters. The molecule has 0 aliphatic carbocycles. The largest absolute Gasteiger partial charge is 0.461 e. The summed E-state index contributed by atoms with van der Waals surface area (Å²) in [4.78, 5) is 11.0. The highest BCUT2D eigenvalue weighted by Crippen LogP contribution is 2.06. The van der Waals surface area contributed by atoms with Gasteiger partial charge in [-0.2, -0.15) is 0 Å². The molecule has 11 heavy (non-hydrogen) atoms. The molecule has 1 atom stereocenters. The van der Waals surface area contributed by atoms with Crippen LogP contribution in [0.4, 0.5) is 0 Å². The minimum Gasteiger partial charge on any atom is -0.461 e. The lowest BCUT2D eigenvalue weighted by molar-refractivity contribution is -0.153. The van der Waals surface area contributed by atoms with E-state index < -0.39 is 11.5 Å². The Bertz CT molecular complexity index is 138. The first-order valence-corrected chi connectivity index (χ1v) is 3.84. The second-order valence-corrected chi connectivity index (χ2v) is 3.25. The fourth-order valence-electron chi connectivity index (χ4n) is 0.413. The van der Waals surface area contributed by atoms with Crippen LogP contribution in [-0.4, -0.2) is 17.6 Å². The van der Waals surface area contributed by atoms with Gasteiger partial charge in [-0.3, -0.25) is 4.79 Å². The zero-order valence-electron chi connectivity index (χ0n) is 7.60. The standard InChI is InChI=1S/C8H16NO2/c1-5-6(2)11-7(10)8(3,4)9/h6,9H,5H2,1-4H3. The summed E-state index contributed by atoms with van der Waals surface area (Å²) in [5.41, 5.74) is 6.21. The van der Waals surface area contributed by atoms with Crippen molar-refractivity contribution in [2.24, 2.45) is 0 Å². The molecule has 0 spiro atoms. The smallest absolute Gasteiger partial charge is 0.327 e. The molecule has 0 aliphatic rings. The highest BCUT2D eigenvalue weighted by Gasteiger charge is 2.25. The molecule has 1 N–H and O–H groups in total. The third-order valence-corrected chi connectivity index (χ3v) is 1.39. The van der Waals surface area contributed by atoms with Gasteiger partial charge in [0.25, 0.3) is 0 Å². The fraction of sp³-hybridized carbons (Fsp3) is 0.875. The van der Waals surface area contributed by atoms with E-state index in [0.717, 1.165) is 6.42 Å². The highest BCUT2D eigenvalue weighted by atomic mass is 16.5. The Morgan fingerprint density at radius 2 is 2.09 bits per heavy atom. The number of ether oxygens (including phenoxy) is 1. The van der Waals surface area contributed by atoms with Gasteiger partial charge < -0.3 is 4.74 Å². The maximum atomic E-state index is 11.0. The number of hydrogen-bond acceptors (Lipinski definition) is 2. The van der Waals surface area contributed by atoms with Crippen LogP contribution in [0.2, 0.25) is 0 Å². The summed E-state index contributed by atoms with van der Waals surface area (Å²) in [5, 5.41) is 0. The quantitative estimate of drug-likeness (QED) is 0.583. The average Bonchev–Trinajstić information content (AvgIpc) is 1.85. The molecule has 3 heteroatoms. The van der Waals surface area contributed by atoms with E-state index in [-0.39, 0.29) is 6.10 Å². The molecule has 0 saturated carbocycles. The van der Waals surface area contributed by atoms with Gasteiger partial charge in [-0.15, -0.1) is 0 Å². The number of esters is 1. The van der Waals surface area contributed by atoms with Crippen molar-refractivity contribution in [3.63, 3.8) is 0 Å². The Morgan fingerprint density at radius 3 is 2.36 bits per heavy atom. The molecule has 0 aromatic rings. The molecule has 3 nitrogen and oxygen atoms in total. The van der Waals surface area contributed by atoms with Crippen molar-refractivity contribution >= 4 is 5.97 Å². The summed E-state index contributed by atoms with van der Waals surface area (Å²) < 4.78 is 4.94. The Balaban J connectivity index is 3.88. The van der Waals surface area contributed by atoms with E-state index in [2.05, 4.69) is 0 Å². The van der Waals surface area contributed by atoms with E-state index in [1.165, 1.54) is 13.8 Å². The zero-order chi connectivity index (χ0) is 9.07. The topological polar surface area (TPSA) is 50.1 Å². The first-order chi connectivity index (χ1) is 4.88. The SMILES string of the molecule is CCC(C)OC(=O)C(C)(C)[NH]. The van der Waals surface area contributed by atoms with E-state index in [9.17, 15) is 4.79 Å². The van der Waals surface area contributed by atoms with Crippen LogP contribution >= 0.6 is 0 Å². The highest BCUT2D eigenvalue weighted by molar-refractivity contribution is 5.79.